The summed E-state index contributed by atoms with van der Waals surface area (Å²) in [5, 5.41) is 0. The maximum absolute atomic E-state index is 2.30. The normalized spacial score (nSPS) is 23.7. The summed E-state index contributed by atoms with van der Waals surface area (Å²) in [5.74, 6) is 3.14. The van der Waals surface area contributed by atoms with E-state index in [4.69, 9.17) is 0 Å². The first-order chi connectivity index (χ1) is 11.8. The Bertz CT molecular complexity index is 441. The SMILES string of the molecule is C1CCC(C2CCCCC2)CC1.Cc1ccccc1C1CCCC1. The molecule has 0 unspecified atom stereocenters. The van der Waals surface area contributed by atoms with Crippen LogP contribution in [0.1, 0.15) is 107 Å². The van der Waals surface area contributed by atoms with Crippen molar-refractivity contribution in [1.82, 2.24) is 0 Å². The van der Waals surface area contributed by atoms with Gasteiger partial charge < -0.3 is 0 Å². The van der Waals surface area contributed by atoms with E-state index in [1.165, 1.54) is 69.8 Å². The molecule has 0 bridgehead atoms. The van der Waals surface area contributed by atoms with Crippen molar-refractivity contribution in [3.63, 3.8) is 0 Å². The average Bonchev–Trinajstić information content (AvgIpc) is 3.19. The van der Waals surface area contributed by atoms with Gasteiger partial charge in [0.15, 0.2) is 0 Å². The highest BCUT2D eigenvalue weighted by Gasteiger charge is 2.24. The number of benzene rings is 1. The topological polar surface area (TPSA) is 0 Å². The van der Waals surface area contributed by atoms with Gasteiger partial charge in [-0.15, -0.1) is 0 Å². The first kappa shape index (κ1) is 18.0. The van der Waals surface area contributed by atoms with E-state index in [9.17, 15) is 0 Å². The highest BCUT2D eigenvalue weighted by atomic mass is 14.3. The van der Waals surface area contributed by atoms with E-state index < -0.39 is 0 Å². The zero-order valence-electron chi connectivity index (χ0n) is 15.9. The quantitative estimate of drug-likeness (QED) is 0.520. The van der Waals surface area contributed by atoms with Crippen molar-refractivity contribution in [2.45, 2.75) is 103 Å². The Morgan fingerprint density at radius 3 is 1.54 bits per heavy atom. The lowest BCUT2D eigenvalue weighted by Crippen LogP contribution is -2.20. The monoisotopic (exact) mass is 326 g/mol. The van der Waals surface area contributed by atoms with E-state index >= 15 is 0 Å². The molecule has 3 fully saturated rings. The van der Waals surface area contributed by atoms with Crippen LogP contribution >= 0.6 is 0 Å². The second kappa shape index (κ2) is 9.64. The van der Waals surface area contributed by atoms with Crippen molar-refractivity contribution in [2.24, 2.45) is 11.8 Å². The fourth-order valence-electron chi connectivity index (χ4n) is 5.49. The smallest absolute Gasteiger partial charge is 0.0159 e. The molecular weight excluding hydrogens is 288 g/mol. The summed E-state index contributed by atoms with van der Waals surface area (Å²) in [4.78, 5) is 0. The number of aryl methyl sites for hydroxylation is 1. The first-order valence-corrected chi connectivity index (χ1v) is 10.9. The van der Waals surface area contributed by atoms with Crippen LogP contribution in [0.25, 0.3) is 0 Å². The summed E-state index contributed by atoms with van der Waals surface area (Å²) < 4.78 is 0. The predicted molar refractivity (Wildman–Crippen MR) is 106 cm³/mol. The third-order valence-electron chi connectivity index (χ3n) is 6.95. The fraction of sp³-hybridized carbons (Fsp3) is 0.750. The van der Waals surface area contributed by atoms with Gasteiger partial charge in [-0.2, -0.15) is 0 Å². The zero-order valence-corrected chi connectivity index (χ0v) is 15.9. The largest absolute Gasteiger partial charge is 0.0620 e. The van der Waals surface area contributed by atoms with Crippen LogP contribution in [0.2, 0.25) is 0 Å². The highest BCUT2D eigenvalue weighted by Crippen LogP contribution is 2.38. The Morgan fingerprint density at radius 2 is 1.04 bits per heavy atom. The van der Waals surface area contributed by atoms with Gasteiger partial charge >= 0.3 is 0 Å². The van der Waals surface area contributed by atoms with Gasteiger partial charge in [-0.25, -0.2) is 0 Å². The average molecular weight is 327 g/mol. The Morgan fingerprint density at radius 1 is 0.583 bits per heavy atom. The van der Waals surface area contributed by atoms with Crippen LogP contribution in [0.3, 0.4) is 0 Å². The number of hydrogen-bond acceptors (Lipinski definition) is 0. The first-order valence-electron chi connectivity index (χ1n) is 10.9. The van der Waals surface area contributed by atoms with Crippen molar-refractivity contribution in [1.29, 1.82) is 0 Å². The van der Waals surface area contributed by atoms with Gasteiger partial charge in [0.2, 0.25) is 0 Å². The minimum absolute atomic E-state index is 0.867. The molecule has 0 aliphatic heterocycles. The Balaban J connectivity index is 0.000000141. The molecule has 0 aromatic heterocycles. The van der Waals surface area contributed by atoms with E-state index in [0.29, 0.717) is 0 Å². The molecule has 1 aromatic rings. The van der Waals surface area contributed by atoms with Crippen molar-refractivity contribution in [3.05, 3.63) is 35.4 Å². The van der Waals surface area contributed by atoms with Crippen LogP contribution in [-0.4, -0.2) is 0 Å². The van der Waals surface area contributed by atoms with Gasteiger partial charge in [0.25, 0.3) is 0 Å². The minimum Gasteiger partial charge on any atom is -0.0620 e. The summed E-state index contributed by atoms with van der Waals surface area (Å²) in [6.45, 7) is 2.23. The lowest BCUT2D eigenvalue weighted by molar-refractivity contribution is 0.196. The molecule has 0 spiro atoms. The molecule has 134 valence electrons. The Hall–Kier alpha value is -0.780. The molecular formula is C24H38. The van der Waals surface area contributed by atoms with Crippen molar-refractivity contribution >= 4 is 0 Å². The standard InChI is InChI=1S/C12H16.C12H22/c1-10-6-2-5-9-12(10)11-7-3-4-8-11;1-3-7-11(8-4-1)12-9-5-2-6-10-12/h2,5-6,9,11H,3-4,7-8H2,1H3;11-12H,1-10H2. The van der Waals surface area contributed by atoms with E-state index in [2.05, 4.69) is 31.2 Å². The molecule has 24 heavy (non-hydrogen) atoms. The molecule has 0 nitrogen and oxygen atoms in total. The summed E-state index contributed by atoms with van der Waals surface area (Å²) >= 11 is 0. The van der Waals surface area contributed by atoms with Crippen molar-refractivity contribution in [2.75, 3.05) is 0 Å². The number of rotatable bonds is 2. The van der Waals surface area contributed by atoms with E-state index in [0.717, 1.165) is 17.8 Å². The molecule has 3 aliphatic carbocycles. The van der Waals surface area contributed by atoms with Crippen molar-refractivity contribution in [3.8, 4) is 0 Å². The summed E-state index contributed by atoms with van der Waals surface area (Å²) in [5.41, 5.74) is 3.07. The van der Waals surface area contributed by atoms with Crippen LogP contribution in [0.15, 0.2) is 24.3 Å². The zero-order chi connectivity index (χ0) is 16.6. The van der Waals surface area contributed by atoms with Crippen LogP contribution in [0, 0.1) is 18.8 Å². The van der Waals surface area contributed by atoms with Crippen molar-refractivity contribution < 1.29 is 0 Å². The molecule has 0 radical (unpaired) electrons. The lowest BCUT2D eigenvalue weighted by Gasteiger charge is -2.32. The second-order valence-corrected chi connectivity index (χ2v) is 8.63. The molecule has 3 saturated carbocycles. The van der Waals surface area contributed by atoms with Gasteiger partial charge in [-0.1, -0.05) is 101 Å². The van der Waals surface area contributed by atoms with E-state index in [1.807, 2.05) is 0 Å². The number of hydrogen-bond donors (Lipinski definition) is 0. The van der Waals surface area contributed by atoms with Crippen LogP contribution in [0.5, 0.6) is 0 Å². The molecule has 0 heterocycles. The highest BCUT2D eigenvalue weighted by molar-refractivity contribution is 5.29. The summed E-state index contributed by atoms with van der Waals surface area (Å²) in [6, 6.07) is 8.83. The molecule has 4 rings (SSSR count). The molecule has 0 atom stereocenters. The maximum atomic E-state index is 2.30. The van der Waals surface area contributed by atoms with Gasteiger partial charge in [-0.3, -0.25) is 0 Å². The van der Waals surface area contributed by atoms with Crippen LogP contribution < -0.4 is 0 Å². The molecule has 0 saturated heterocycles. The molecule has 0 heteroatoms. The maximum Gasteiger partial charge on any atom is -0.0159 e. The van der Waals surface area contributed by atoms with Crippen LogP contribution in [-0.2, 0) is 0 Å². The van der Waals surface area contributed by atoms with E-state index in [1.54, 1.807) is 31.2 Å². The van der Waals surface area contributed by atoms with Gasteiger partial charge in [0.05, 0.1) is 0 Å². The summed E-state index contributed by atoms with van der Waals surface area (Å²) in [6.07, 6.45) is 21.1. The van der Waals surface area contributed by atoms with Crippen LogP contribution in [0.4, 0.5) is 0 Å². The Labute approximate surface area is 150 Å². The second-order valence-electron chi connectivity index (χ2n) is 8.63. The minimum atomic E-state index is 0.867. The van der Waals surface area contributed by atoms with Gasteiger partial charge in [0, 0.05) is 0 Å². The molecule has 0 N–H and O–H groups in total. The molecule has 0 amide bonds. The summed E-state index contributed by atoms with van der Waals surface area (Å²) in [7, 11) is 0. The Kier molecular flexibility index (Phi) is 7.24. The third kappa shape index (κ3) is 5.11. The fourth-order valence-corrected chi connectivity index (χ4v) is 5.49. The van der Waals surface area contributed by atoms with Gasteiger partial charge in [0.1, 0.15) is 0 Å². The predicted octanol–water partition coefficient (Wildman–Crippen LogP) is 7.80. The molecule has 3 aliphatic rings. The van der Waals surface area contributed by atoms with E-state index in [-0.39, 0.29) is 0 Å². The third-order valence-corrected chi connectivity index (χ3v) is 6.95. The lowest BCUT2D eigenvalue weighted by atomic mass is 9.73. The molecule has 1 aromatic carbocycles. The van der Waals surface area contributed by atoms with Gasteiger partial charge in [-0.05, 0) is 48.6 Å².